The maximum absolute atomic E-state index is 12.3. The predicted octanol–water partition coefficient (Wildman–Crippen LogP) is 3.55. The van der Waals surface area contributed by atoms with Gasteiger partial charge in [0.1, 0.15) is 5.60 Å². The Kier molecular flexibility index (Phi) is 4.70. The summed E-state index contributed by atoms with van der Waals surface area (Å²) >= 11 is 0. The van der Waals surface area contributed by atoms with Crippen molar-refractivity contribution < 1.29 is 14.3 Å². The van der Waals surface area contributed by atoms with E-state index in [9.17, 15) is 4.79 Å². The number of amides is 1. The van der Waals surface area contributed by atoms with Gasteiger partial charge in [-0.3, -0.25) is 0 Å². The smallest absolute Gasteiger partial charge is 0.410 e. The first-order valence-corrected chi connectivity index (χ1v) is 7.49. The molecule has 1 atom stereocenters. The second kappa shape index (κ2) is 6.33. The molecule has 0 spiro atoms. The molecular weight excluding hydrogens is 268 g/mol. The molecule has 1 aromatic rings. The molecule has 0 aliphatic carbocycles. The van der Waals surface area contributed by atoms with Gasteiger partial charge < -0.3 is 14.4 Å². The molecular formula is C16H24N2O3. The van der Waals surface area contributed by atoms with E-state index in [1.165, 1.54) is 0 Å². The third-order valence-electron chi connectivity index (χ3n) is 3.32. The Hall–Kier alpha value is -1.78. The van der Waals surface area contributed by atoms with Crippen LogP contribution in [0.1, 0.15) is 52.1 Å². The van der Waals surface area contributed by atoms with Gasteiger partial charge in [0.15, 0.2) is 0 Å². The van der Waals surface area contributed by atoms with Crippen LogP contribution in [0.15, 0.2) is 18.3 Å². The first-order valence-electron chi connectivity index (χ1n) is 7.49. The molecule has 0 N–H and O–H groups in total. The van der Waals surface area contributed by atoms with E-state index in [0.717, 1.165) is 24.9 Å². The van der Waals surface area contributed by atoms with E-state index in [2.05, 4.69) is 4.98 Å². The number of hydrogen-bond donors (Lipinski definition) is 0. The topological polar surface area (TPSA) is 51.7 Å². The van der Waals surface area contributed by atoms with Crippen LogP contribution in [-0.2, 0) is 4.74 Å². The van der Waals surface area contributed by atoms with Gasteiger partial charge in [-0.25, -0.2) is 9.78 Å². The van der Waals surface area contributed by atoms with Crippen LogP contribution < -0.4 is 4.74 Å². The number of hydrogen-bond acceptors (Lipinski definition) is 4. The average Bonchev–Trinajstić information content (AvgIpc) is 2.87. The normalized spacial score (nSPS) is 18.7. The maximum atomic E-state index is 12.3. The fourth-order valence-electron chi connectivity index (χ4n) is 2.47. The summed E-state index contributed by atoms with van der Waals surface area (Å²) in [6.45, 7) is 8.90. The quantitative estimate of drug-likeness (QED) is 0.855. The van der Waals surface area contributed by atoms with Crippen LogP contribution in [0, 0.1) is 0 Å². The molecule has 1 saturated heterocycles. The molecule has 21 heavy (non-hydrogen) atoms. The molecule has 1 aliphatic heterocycles. The molecule has 2 rings (SSSR count). The Bertz CT molecular complexity index is 479. The summed E-state index contributed by atoms with van der Waals surface area (Å²) in [5.74, 6) is 0.614. The Morgan fingerprint density at radius 1 is 1.43 bits per heavy atom. The lowest BCUT2D eigenvalue weighted by Gasteiger charge is -2.28. The number of likely N-dealkylation sites (tertiary alicyclic amines) is 1. The van der Waals surface area contributed by atoms with Crippen molar-refractivity contribution in [1.29, 1.82) is 0 Å². The van der Waals surface area contributed by atoms with Crippen molar-refractivity contribution >= 4 is 6.09 Å². The molecule has 0 radical (unpaired) electrons. The molecule has 0 aromatic carbocycles. The van der Waals surface area contributed by atoms with Crippen molar-refractivity contribution in [2.75, 3.05) is 13.2 Å². The average molecular weight is 292 g/mol. The van der Waals surface area contributed by atoms with E-state index in [4.69, 9.17) is 9.47 Å². The summed E-state index contributed by atoms with van der Waals surface area (Å²) in [5, 5.41) is 0. The maximum Gasteiger partial charge on any atom is 0.410 e. The fraction of sp³-hybridized carbons (Fsp3) is 0.625. The summed E-state index contributed by atoms with van der Waals surface area (Å²) < 4.78 is 10.8. The van der Waals surface area contributed by atoms with E-state index < -0.39 is 5.60 Å². The standard InChI is InChI=1S/C16H24N2O3/c1-5-20-14-9-8-12(11-17-14)13-7-6-10-18(13)15(19)21-16(2,3)4/h8-9,11,13H,5-7,10H2,1-4H3/t13-/m0/s1. The van der Waals surface area contributed by atoms with Crippen LogP contribution in [-0.4, -0.2) is 34.7 Å². The van der Waals surface area contributed by atoms with Crippen LogP contribution in [0.2, 0.25) is 0 Å². The monoisotopic (exact) mass is 292 g/mol. The molecule has 0 bridgehead atoms. The molecule has 1 aliphatic rings. The highest BCUT2D eigenvalue weighted by Gasteiger charge is 2.33. The van der Waals surface area contributed by atoms with Gasteiger partial charge >= 0.3 is 6.09 Å². The van der Waals surface area contributed by atoms with Crippen LogP contribution in [0.5, 0.6) is 5.88 Å². The lowest BCUT2D eigenvalue weighted by Crippen LogP contribution is -2.36. The van der Waals surface area contributed by atoms with Crippen molar-refractivity contribution in [3.63, 3.8) is 0 Å². The SMILES string of the molecule is CCOc1ccc([C@@H]2CCCN2C(=O)OC(C)(C)C)cn1. The third kappa shape index (κ3) is 4.09. The van der Waals surface area contributed by atoms with Crippen LogP contribution in [0.25, 0.3) is 0 Å². The van der Waals surface area contributed by atoms with Gasteiger partial charge in [-0.05, 0) is 46.1 Å². The summed E-state index contributed by atoms with van der Waals surface area (Å²) in [6.07, 6.45) is 3.46. The Labute approximate surface area is 126 Å². The molecule has 2 heterocycles. The molecule has 5 heteroatoms. The number of nitrogens with zero attached hydrogens (tertiary/aromatic N) is 2. The minimum Gasteiger partial charge on any atom is -0.478 e. The van der Waals surface area contributed by atoms with Gasteiger partial charge in [0, 0.05) is 18.8 Å². The van der Waals surface area contributed by atoms with Gasteiger partial charge in [0.05, 0.1) is 12.6 Å². The van der Waals surface area contributed by atoms with Gasteiger partial charge in [-0.1, -0.05) is 6.07 Å². The number of carbonyl (C=O) groups is 1. The first-order chi connectivity index (χ1) is 9.90. The minimum absolute atomic E-state index is 0.0445. The second-order valence-corrected chi connectivity index (χ2v) is 6.19. The van der Waals surface area contributed by atoms with Gasteiger partial charge in [-0.2, -0.15) is 0 Å². The van der Waals surface area contributed by atoms with Crippen LogP contribution in [0.3, 0.4) is 0 Å². The largest absolute Gasteiger partial charge is 0.478 e. The molecule has 0 saturated carbocycles. The summed E-state index contributed by atoms with van der Waals surface area (Å²) in [7, 11) is 0. The molecule has 5 nitrogen and oxygen atoms in total. The van der Waals surface area contributed by atoms with Crippen molar-refractivity contribution in [2.45, 2.75) is 52.2 Å². The zero-order valence-corrected chi connectivity index (χ0v) is 13.3. The summed E-state index contributed by atoms with van der Waals surface area (Å²) in [6, 6.07) is 3.87. The van der Waals surface area contributed by atoms with E-state index in [-0.39, 0.29) is 12.1 Å². The van der Waals surface area contributed by atoms with Crippen molar-refractivity contribution in [2.24, 2.45) is 0 Å². The van der Waals surface area contributed by atoms with Gasteiger partial charge in [0.25, 0.3) is 0 Å². The zero-order chi connectivity index (χ0) is 15.5. The Morgan fingerprint density at radius 2 is 2.19 bits per heavy atom. The Morgan fingerprint density at radius 3 is 2.76 bits per heavy atom. The summed E-state index contributed by atoms with van der Waals surface area (Å²) in [5.41, 5.74) is 0.559. The van der Waals surface area contributed by atoms with E-state index >= 15 is 0 Å². The van der Waals surface area contributed by atoms with E-state index in [1.54, 1.807) is 11.1 Å². The van der Waals surface area contributed by atoms with Crippen LogP contribution in [0.4, 0.5) is 4.79 Å². The van der Waals surface area contributed by atoms with Crippen LogP contribution >= 0.6 is 0 Å². The Balaban J connectivity index is 2.09. The zero-order valence-electron chi connectivity index (χ0n) is 13.3. The van der Waals surface area contributed by atoms with Crippen molar-refractivity contribution in [3.05, 3.63) is 23.9 Å². The number of pyridine rings is 1. The lowest BCUT2D eigenvalue weighted by molar-refractivity contribution is 0.0224. The first kappa shape index (κ1) is 15.6. The van der Waals surface area contributed by atoms with E-state index in [0.29, 0.717) is 12.5 Å². The highest BCUT2D eigenvalue weighted by molar-refractivity contribution is 5.69. The predicted molar refractivity (Wildman–Crippen MR) is 80.3 cm³/mol. The number of rotatable bonds is 3. The number of ether oxygens (including phenoxy) is 2. The molecule has 0 unspecified atom stereocenters. The molecule has 116 valence electrons. The molecule has 1 amide bonds. The highest BCUT2D eigenvalue weighted by Crippen LogP contribution is 2.33. The van der Waals surface area contributed by atoms with Crippen molar-refractivity contribution in [3.8, 4) is 5.88 Å². The number of aromatic nitrogens is 1. The van der Waals surface area contributed by atoms with Gasteiger partial charge in [-0.15, -0.1) is 0 Å². The minimum atomic E-state index is -0.471. The molecule has 1 aromatic heterocycles. The molecule has 1 fully saturated rings. The van der Waals surface area contributed by atoms with Gasteiger partial charge in [0.2, 0.25) is 5.88 Å². The second-order valence-electron chi connectivity index (χ2n) is 6.19. The third-order valence-corrected chi connectivity index (χ3v) is 3.32. The van der Waals surface area contributed by atoms with Crippen molar-refractivity contribution in [1.82, 2.24) is 9.88 Å². The highest BCUT2D eigenvalue weighted by atomic mass is 16.6. The fourth-order valence-corrected chi connectivity index (χ4v) is 2.47. The number of carbonyl (C=O) groups excluding carboxylic acids is 1. The van der Waals surface area contributed by atoms with E-state index in [1.807, 2.05) is 39.8 Å². The summed E-state index contributed by atoms with van der Waals surface area (Å²) in [4.78, 5) is 18.3. The lowest BCUT2D eigenvalue weighted by atomic mass is 10.1.